The van der Waals surface area contributed by atoms with E-state index in [-0.39, 0.29) is 17.8 Å². The quantitative estimate of drug-likeness (QED) is 0.636. The smallest absolute Gasteiger partial charge is 0.410 e. The van der Waals surface area contributed by atoms with Gasteiger partial charge in [-0.2, -0.15) is 0 Å². The number of ether oxygens (including phenoxy) is 2. The number of benzene rings is 1. The Labute approximate surface area is 142 Å². The van der Waals surface area contributed by atoms with E-state index in [1.54, 1.807) is 20.8 Å². The van der Waals surface area contributed by atoms with E-state index in [2.05, 4.69) is 0 Å². The molecule has 3 N–H and O–H groups in total. The molecule has 7 heteroatoms. The van der Waals surface area contributed by atoms with Crippen LogP contribution in [0.2, 0.25) is 0 Å². The zero-order chi connectivity index (χ0) is 18.3. The van der Waals surface area contributed by atoms with Gasteiger partial charge in [-0.25, -0.2) is 9.18 Å². The van der Waals surface area contributed by atoms with E-state index in [9.17, 15) is 14.3 Å². The van der Waals surface area contributed by atoms with Crippen LogP contribution in [-0.4, -0.2) is 42.0 Å². The first-order chi connectivity index (χ1) is 11.1. The number of hydrogen-bond acceptors (Lipinski definition) is 5. The molecular weight excluding hydrogens is 315 g/mol. The average molecular weight is 342 g/mol. The van der Waals surface area contributed by atoms with Crippen molar-refractivity contribution in [1.82, 2.24) is 4.90 Å². The van der Waals surface area contributed by atoms with Crippen molar-refractivity contribution in [1.29, 1.82) is 0 Å². The van der Waals surface area contributed by atoms with E-state index in [1.807, 2.05) is 0 Å². The topological polar surface area (TPSA) is 85.0 Å². The van der Waals surface area contributed by atoms with Gasteiger partial charge in [0.15, 0.2) is 11.6 Å². The summed E-state index contributed by atoms with van der Waals surface area (Å²) in [5, 5.41) is 9.58. The van der Waals surface area contributed by atoms with Gasteiger partial charge in [-0.3, -0.25) is 0 Å². The molecule has 1 heterocycles. The summed E-state index contributed by atoms with van der Waals surface area (Å²) in [5.74, 6) is -1.32. The lowest BCUT2D eigenvalue weighted by Crippen LogP contribution is -2.33. The van der Waals surface area contributed by atoms with Crippen LogP contribution in [0.1, 0.15) is 39.2 Å². The molecule has 0 atom stereocenters. The zero-order valence-electron chi connectivity index (χ0n) is 14.8. The minimum absolute atomic E-state index is 0.00269. The number of nitrogen functional groups attached to an aromatic ring is 1. The summed E-state index contributed by atoms with van der Waals surface area (Å²) in [6.45, 7) is 7.24. The van der Waals surface area contributed by atoms with Gasteiger partial charge in [-0.05, 0) is 39.7 Å². The maximum Gasteiger partial charge on any atom is 0.410 e. The second-order valence-corrected chi connectivity index (χ2v) is 6.67. The van der Waals surface area contributed by atoms with Crippen molar-refractivity contribution < 1.29 is 23.8 Å². The highest BCUT2D eigenvalue weighted by Gasteiger charge is 2.21. The van der Waals surface area contributed by atoms with Crippen molar-refractivity contribution in [3.63, 3.8) is 0 Å². The highest BCUT2D eigenvalue weighted by atomic mass is 19.1. The van der Waals surface area contributed by atoms with Crippen molar-refractivity contribution in [2.24, 2.45) is 0 Å². The van der Waals surface area contributed by atoms with E-state index < -0.39 is 23.3 Å². The van der Waals surface area contributed by atoms with Crippen LogP contribution < -0.4 is 5.73 Å². The van der Waals surface area contributed by atoms with E-state index in [4.69, 9.17) is 15.2 Å². The summed E-state index contributed by atoms with van der Waals surface area (Å²) in [6.07, 6.45) is 2.00. The van der Waals surface area contributed by atoms with Gasteiger partial charge in [0.1, 0.15) is 5.60 Å². The van der Waals surface area contributed by atoms with E-state index in [0.29, 0.717) is 0 Å². The molecule has 1 aromatic rings. The zero-order valence-corrected chi connectivity index (χ0v) is 14.8. The number of nitrogens with zero attached hydrogens (tertiary/aromatic N) is 1. The third-order valence-electron chi connectivity index (χ3n) is 3.10. The molecule has 1 amide bonds. The molecule has 0 aliphatic carbocycles. The summed E-state index contributed by atoms with van der Waals surface area (Å²) < 4.78 is 23.4. The third-order valence-corrected chi connectivity index (χ3v) is 3.10. The fourth-order valence-electron chi connectivity index (χ4n) is 1.97. The van der Waals surface area contributed by atoms with Crippen LogP contribution in [0.25, 0.3) is 0 Å². The fourth-order valence-corrected chi connectivity index (χ4v) is 1.97. The Morgan fingerprint density at radius 3 is 2.42 bits per heavy atom. The summed E-state index contributed by atoms with van der Waals surface area (Å²) in [6, 6.07) is 2.44. The molecule has 0 radical (unpaired) electrons. The first-order valence-corrected chi connectivity index (χ1v) is 7.89. The number of hydrogen-bond donors (Lipinski definition) is 2. The minimum atomic E-state index is -0.812. The van der Waals surface area contributed by atoms with Gasteiger partial charge in [0.25, 0.3) is 0 Å². The number of amides is 1. The monoisotopic (exact) mass is 342 g/mol. The number of carbonyl (C=O) groups excluding carboxylic acids is 1. The Morgan fingerprint density at radius 1 is 1.38 bits per heavy atom. The molecule has 1 saturated heterocycles. The van der Waals surface area contributed by atoms with Crippen molar-refractivity contribution in [3.8, 4) is 5.75 Å². The van der Waals surface area contributed by atoms with Crippen LogP contribution in [0, 0.1) is 5.82 Å². The Morgan fingerprint density at radius 2 is 1.96 bits per heavy atom. The van der Waals surface area contributed by atoms with Crippen LogP contribution in [0.4, 0.5) is 14.9 Å². The first kappa shape index (κ1) is 20.0. The lowest BCUT2D eigenvalue weighted by atomic mass is 10.1. The Bertz CT molecular complexity index is 547. The van der Waals surface area contributed by atoms with Gasteiger partial charge < -0.3 is 25.2 Å². The number of anilines is 1. The number of phenolic OH excluding ortho intramolecular Hbond substituents is 1. The van der Waals surface area contributed by atoms with Gasteiger partial charge in [0.2, 0.25) is 0 Å². The molecule has 24 heavy (non-hydrogen) atoms. The molecule has 6 nitrogen and oxygen atoms in total. The van der Waals surface area contributed by atoms with Crippen LogP contribution in [0.15, 0.2) is 12.1 Å². The largest absolute Gasteiger partial charge is 0.505 e. The standard InChI is InChI=1S/C13H19FN2O3.C4H8O/c1-13(2,3)19-12(18)16(4)7-8-5-9(15)6-10(14)11(8)17;1-2-4-5-3-1/h5-6,17H,7,15H2,1-4H3;1-4H2. The van der Waals surface area contributed by atoms with Crippen molar-refractivity contribution in [2.45, 2.75) is 45.8 Å². The first-order valence-electron chi connectivity index (χ1n) is 7.89. The molecule has 2 rings (SSSR count). The van der Waals surface area contributed by atoms with Crippen LogP contribution >= 0.6 is 0 Å². The molecule has 1 fully saturated rings. The van der Waals surface area contributed by atoms with Gasteiger partial charge >= 0.3 is 6.09 Å². The number of halogens is 1. The minimum Gasteiger partial charge on any atom is -0.505 e. The van der Waals surface area contributed by atoms with Crippen LogP contribution in [0.5, 0.6) is 5.75 Å². The maximum absolute atomic E-state index is 13.3. The maximum atomic E-state index is 13.3. The summed E-state index contributed by atoms with van der Waals surface area (Å²) in [5.41, 5.74) is 5.29. The number of nitrogens with two attached hydrogens (primary N) is 1. The molecule has 136 valence electrons. The molecule has 0 bridgehead atoms. The van der Waals surface area contributed by atoms with Crippen molar-refractivity contribution in [2.75, 3.05) is 26.0 Å². The summed E-state index contributed by atoms with van der Waals surface area (Å²) in [4.78, 5) is 13.0. The molecular formula is C17H27FN2O4. The molecule has 1 aromatic carbocycles. The van der Waals surface area contributed by atoms with Crippen LogP contribution in [0.3, 0.4) is 0 Å². The second-order valence-electron chi connectivity index (χ2n) is 6.67. The average Bonchev–Trinajstić information content (AvgIpc) is 3.01. The van der Waals surface area contributed by atoms with Gasteiger partial charge in [-0.15, -0.1) is 0 Å². The van der Waals surface area contributed by atoms with Gasteiger partial charge in [0.05, 0.1) is 6.54 Å². The second kappa shape index (κ2) is 8.73. The normalized spacial score (nSPS) is 13.9. The Hall–Kier alpha value is -2.02. The van der Waals surface area contributed by atoms with E-state index >= 15 is 0 Å². The molecule has 0 saturated carbocycles. The molecule has 0 aromatic heterocycles. The SMILES string of the molecule is C1CCOC1.CN(Cc1cc(N)cc(F)c1O)C(=O)OC(C)(C)C. The fraction of sp³-hybridized carbons (Fsp3) is 0.588. The van der Waals surface area contributed by atoms with Crippen molar-refractivity contribution in [3.05, 3.63) is 23.5 Å². The Balaban J connectivity index is 0.000000488. The Kier molecular flexibility index (Phi) is 7.28. The highest BCUT2D eigenvalue weighted by molar-refractivity contribution is 5.68. The molecule has 0 unspecified atom stereocenters. The summed E-state index contributed by atoms with van der Waals surface area (Å²) >= 11 is 0. The van der Waals surface area contributed by atoms with Gasteiger partial charge in [-0.1, -0.05) is 0 Å². The predicted molar refractivity (Wildman–Crippen MR) is 90.2 cm³/mol. The molecule has 1 aliphatic heterocycles. The molecule has 1 aliphatic rings. The lowest BCUT2D eigenvalue weighted by Gasteiger charge is -2.25. The van der Waals surface area contributed by atoms with E-state index in [0.717, 1.165) is 19.3 Å². The molecule has 0 spiro atoms. The number of aromatic hydroxyl groups is 1. The van der Waals surface area contributed by atoms with Gasteiger partial charge in [0, 0.05) is 37.6 Å². The number of phenols is 1. The number of carbonyl (C=O) groups is 1. The highest BCUT2D eigenvalue weighted by Crippen LogP contribution is 2.25. The van der Waals surface area contributed by atoms with Crippen LogP contribution in [-0.2, 0) is 16.0 Å². The predicted octanol–water partition coefficient (Wildman–Crippen LogP) is 3.28. The van der Waals surface area contributed by atoms with Crippen molar-refractivity contribution >= 4 is 11.8 Å². The summed E-state index contributed by atoms with van der Waals surface area (Å²) in [7, 11) is 1.49. The lowest BCUT2D eigenvalue weighted by molar-refractivity contribution is 0.0284. The van der Waals surface area contributed by atoms with E-state index in [1.165, 1.54) is 30.9 Å². The number of rotatable bonds is 2. The third kappa shape index (κ3) is 7.04.